The molecule has 0 N–H and O–H groups in total. The summed E-state index contributed by atoms with van der Waals surface area (Å²) in [4.78, 5) is 0. The van der Waals surface area contributed by atoms with Crippen LogP contribution in [0.5, 0.6) is 0 Å². The van der Waals surface area contributed by atoms with Gasteiger partial charge < -0.3 is 9.47 Å². The van der Waals surface area contributed by atoms with Gasteiger partial charge in [-0.15, -0.1) is 0 Å². The Morgan fingerprint density at radius 3 is 2.47 bits per heavy atom. The van der Waals surface area contributed by atoms with Crippen LogP contribution in [0.1, 0.15) is 51.7 Å². The summed E-state index contributed by atoms with van der Waals surface area (Å²) in [5.41, 5.74) is 6.51. The second-order valence-corrected chi connectivity index (χ2v) is 9.45. The molecule has 166 valence electrons. The molecule has 32 heavy (non-hydrogen) atoms. The zero-order valence-electron chi connectivity index (χ0n) is 19.9. The van der Waals surface area contributed by atoms with Gasteiger partial charge >= 0.3 is 0 Å². The Morgan fingerprint density at radius 1 is 1.00 bits per heavy atom. The molecule has 3 heteroatoms. The molecule has 0 amide bonds. The number of nitrogens with zero attached hydrogens (tertiary/aromatic N) is 1. The number of aromatic nitrogens is 1. The predicted molar refractivity (Wildman–Crippen MR) is 129 cm³/mol. The fourth-order valence-electron chi connectivity index (χ4n) is 6.18. The maximum Gasteiger partial charge on any atom is 0.216 e. The molecule has 3 atom stereocenters. The highest BCUT2D eigenvalue weighted by atomic mass is 16.7. The summed E-state index contributed by atoms with van der Waals surface area (Å²) < 4.78 is 15.5. The van der Waals surface area contributed by atoms with E-state index in [9.17, 15) is 0 Å². The first kappa shape index (κ1) is 21.2. The van der Waals surface area contributed by atoms with E-state index >= 15 is 0 Å². The summed E-state index contributed by atoms with van der Waals surface area (Å²) in [6.07, 6.45) is 4.79. The summed E-state index contributed by atoms with van der Waals surface area (Å²) in [6, 6.07) is 20.1. The van der Waals surface area contributed by atoms with Crippen LogP contribution in [0.2, 0.25) is 0 Å². The highest BCUT2D eigenvalue weighted by Gasteiger charge is 2.54. The van der Waals surface area contributed by atoms with E-state index in [1.54, 1.807) is 0 Å². The average Bonchev–Trinajstić information content (AvgIpc) is 2.92. The van der Waals surface area contributed by atoms with E-state index in [2.05, 4.69) is 99.9 Å². The molecule has 3 heterocycles. The van der Waals surface area contributed by atoms with Crippen LogP contribution in [-0.2, 0) is 21.4 Å². The number of fused-ring (bicyclic) bond motifs is 5. The van der Waals surface area contributed by atoms with Crippen molar-refractivity contribution in [2.24, 2.45) is 5.92 Å². The number of benzene rings is 2. The molecule has 0 aliphatic carbocycles. The number of allylic oxidation sites excluding steroid dienone is 1. The van der Waals surface area contributed by atoms with Gasteiger partial charge in [-0.25, -0.2) is 0 Å². The molecule has 0 spiro atoms. The lowest BCUT2D eigenvalue weighted by atomic mass is 9.75. The third kappa shape index (κ3) is 3.17. The maximum atomic E-state index is 6.47. The second kappa shape index (κ2) is 8.04. The van der Waals surface area contributed by atoms with Crippen molar-refractivity contribution in [2.45, 2.75) is 71.8 Å². The smallest absolute Gasteiger partial charge is 0.216 e. The first-order valence-corrected chi connectivity index (χ1v) is 12.0. The van der Waals surface area contributed by atoms with Crippen molar-refractivity contribution in [1.82, 2.24) is 0 Å². The standard InChI is InChI=1S/C29H34NO2/c1-6-29(7-2)25(28-31-20(4)17-21(5)32-28)18-22-12-8-10-14-24(22)27-19(3)16-23-13-9-11-15-26(23)30(27)29/h8-17,20,25,28H,6-7,18H2,1-5H3/q+1. The number of pyridine rings is 1. The van der Waals surface area contributed by atoms with Crippen molar-refractivity contribution in [3.63, 3.8) is 0 Å². The molecule has 0 saturated heterocycles. The van der Waals surface area contributed by atoms with Gasteiger partial charge in [-0.3, -0.25) is 0 Å². The molecule has 1 aromatic heterocycles. The third-order valence-electron chi connectivity index (χ3n) is 7.67. The van der Waals surface area contributed by atoms with Gasteiger partial charge in [-0.2, -0.15) is 4.57 Å². The van der Waals surface area contributed by atoms with Crippen molar-refractivity contribution in [1.29, 1.82) is 0 Å². The van der Waals surface area contributed by atoms with E-state index in [4.69, 9.17) is 9.47 Å². The van der Waals surface area contributed by atoms with Crippen molar-refractivity contribution in [3.05, 3.63) is 77.6 Å². The van der Waals surface area contributed by atoms with E-state index in [-0.39, 0.29) is 23.9 Å². The Kier molecular flexibility index (Phi) is 5.33. The summed E-state index contributed by atoms with van der Waals surface area (Å²) in [7, 11) is 0. The molecule has 3 aromatic rings. The fourth-order valence-corrected chi connectivity index (χ4v) is 6.18. The molecule has 5 rings (SSSR count). The quantitative estimate of drug-likeness (QED) is 0.447. The van der Waals surface area contributed by atoms with Gasteiger partial charge in [0, 0.05) is 35.4 Å². The van der Waals surface area contributed by atoms with Crippen LogP contribution in [0.15, 0.2) is 66.4 Å². The van der Waals surface area contributed by atoms with Crippen LogP contribution in [0.25, 0.3) is 22.2 Å². The molecule has 0 bridgehead atoms. The predicted octanol–water partition coefficient (Wildman–Crippen LogP) is 6.46. The Morgan fingerprint density at radius 2 is 1.72 bits per heavy atom. The fraction of sp³-hybridized carbons (Fsp3) is 0.414. The van der Waals surface area contributed by atoms with Crippen LogP contribution in [0.4, 0.5) is 0 Å². The topological polar surface area (TPSA) is 22.3 Å². The molecular weight excluding hydrogens is 394 g/mol. The SMILES string of the molecule is CCC1(CC)C(C2OC(C)=CC(C)O2)Cc2ccccc2-c2c(C)cc3ccccc3[n+]21. The molecule has 2 aromatic carbocycles. The third-order valence-corrected chi connectivity index (χ3v) is 7.67. The van der Waals surface area contributed by atoms with Crippen molar-refractivity contribution >= 4 is 10.9 Å². The number of rotatable bonds is 3. The molecule has 0 radical (unpaired) electrons. The van der Waals surface area contributed by atoms with Gasteiger partial charge in [-0.1, -0.05) is 44.2 Å². The van der Waals surface area contributed by atoms with Crippen molar-refractivity contribution < 1.29 is 14.0 Å². The van der Waals surface area contributed by atoms with Crippen molar-refractivity contribution in [2.75, 3.05) is 0 Å². The zero-order valence-corrected chi connectivity index (χ0v) is 19.9. The molecule has 3 nitrogen and oxygen atoms in total. The van der Waals surface area contributed by atoms with Gasteiger partial charge in [0.05, 0.1) is 17.8 Å². The maximum absolute atomic E-state index is 6.47. The van der Waals surface area contributed by atoms with E-state index in [1.807, 2.05) is 0 Å². The van der Waals surface area contributed by atoms with E-state index in [0.29, 0.717) is 0 Å². The minimum Gasteiger partial charge on any atom is -0.469 e. The molecular formula is C29H34NO2+. The Balaban J connectivity index is 1.87. The Bertz CT molecular complexity index is 1190. The lowest BCUT2D eigenvalue weighted by Crippen LogP contribution is -2.64. The average molecular weight is 429 g/mol. The van der Waals surface area contributed by atoms with E-state index < -0.39 is 0 Å². The summed E-state index contributed by atoms with van der Waals surface area (Å²) in [6.45, 7) is 11.1. The molecule has 2 aliphatic rings. The number of para-hydroxylation sites is 1. The van der Waals surface area contributed by atoms with Crippen LogP contribution < -0.4 is 4.57 Å². The highest BCUT2D eigenvalue weighted by molar-refractivity contribution is 5.80. The molecule has 0 saturated carbocycles. The van der Waals surface area contributed by atoms with E-state index in [0.717, 1.165) is 25.0 Å². The zero-order chi connectivity index (χ0) is 22.5. The van der Waals surface area contributed by atoms with Gasteiger partial charge in [0.25, 0.3) is 0 Å². The number of aryl methyl sites for hydroxylation is 1. The lowest BCUT2D eigenvalue weighted by Gasteiger charge is -2.41. The molecule has 2 aliphatic heterocycles. The molecule has 3 unspecified atom stereocenters. The minimum absolute atomic E-state index is 0.0531. The summed E-state index contributed by atoms with van der Waals surface area (Å²) >= 11 is 0. The van der Waals surface area contributed by atoms with Crippen LogP contribution in [0, 0.1) is 12.8 Å². The highest BCUT2D eigenvalue weighted by Crippen LogP contribution is 2.44. The lowest BCUT2D eigenvalue weighted by molar-refractivity contribution is -0.745. The van der Waals surface area contributed by atoms with Gasteiger partial charge in [0.2, 0.25) is 17.5 Å². The van der Waals surface area contributed by atoms with Crippen molar-refractivity contribution in [3.8, 4) is 11.3 Å². The second-order valence-electron chi connectivity index (χ2n) is 9.45. The van der Waals surface area contributed by atoms with Gasteiger partial charge in [0.15, 0.2) is 5.54 Å². The molecule has 0 fully saturated rings. The Hall–Kier alpha value is -2.65. The minimum atomic E-state index is -0.277. The first-order chi connectivity index (χ1) is 15.5. The van der Waals surface area contributed by atoms with Gasteiger partial charge in [-0.05, 0) is 57.0 Å². The number of hydrogen-bond acceptors (Lipinski definition) is 2. The first-order valence-electron chi connectivity index (χ1n) is 12.0. The Labute approximate surface area is 191 Å². The van der Waals surface area contributed by atoms with Crippen LogP contribution in [0.3, 0.4) is 0 Å². The largest absolute Gasteiger partial charge is 0.469 e. The number of ether oxygens (including phenoxy) is 2. The normalized spacial score (nSPS) is 24.2. The van der Waals surface area contributed by atoms with E-state index in [1.165, 1.54) is 33.3 Å². The van der Waals surface area contributed by atoms with Crippen LogP contribution in [-0.4, -0.2) is 12.4 Å². The monoisotopic (exact) mass is 428 g/mol. The van der Waals surface area contributed by atoms with Gasteiger partial charge in [0.1, 0.15) is 0 Å². The summed E-state index contributed by atoms with van der Waals surface area (Å²) in [5, 5.41) is 1.29. The summed E-state index contributed by atoms with van der Waals surface area (Å²) in [5.74, 6) is 1.15. The van der Waals surface area contributed by atoms with Crippen LogP contribution >= 0.6 is 0 Å². The number of hydrogen-bond donors (Lipinski definition) is 0.